The van der Waals surface area contributed by atoms with Crippen LogP contribution in [0.15, 0.2) is 18.2 Å². The van der Waals surface area contributed by atoms with Crippen LogP contribution in [0, 0.1) is 5.41 Å². The standard InChI is InChI=1S/C11H10Cl2O2/c12-8-3-1-2-7(9(8)13)6-11(4-5-11)10(14)15/h1-3H,4-6H2,(H,14,15). The monoisotopic (exact) mass is 244 g/mol. The summed E-state index contributed by atoms with van der Waals surface area (Å²) in [4.78, 5) is 11.0. The van der Waals surface area contributed by atoms with Gasteiger partial charge in [0.25, 0.3) is 0 Å². The van der Waals surface area contributed by atoms with E-state index in [1.54, 1.807) is 12.1 Å². The Morgan fingerprint density at radius 1 is 1.40 bits per heavy atom. The van der Waals surface area contributed by atoms with Gasteiger partial charge in [-0.15, -0.1) is 0 Å². The fourth-order valence-electron chi connectivity index (χ4n) is 1.67. The van der Waals surface area contributed by atoms with Gasteiger partial charge >= 0.3 is 5.97 Å². The molecular weight excluding hydrogens is 235 g/mol. The summed E-state index contributed by atoms with van der Waals surface area (Å²) in [6.07, 6.45) is 1.93. The molecule has 0 aromatic heterocycles. The van der Waals surface area contributed by atoms with E-state index in [9.17, 15) is 4.79 Å². The van der Waals surface area contributed by atoms with E-state index in [-0.39, 0.29) is 0 Å². The van der Waals surface area contributed by atoms with Gasteiger partial charge in [0.15, 0.2) is 0 Å². The van der Waals surface area contributed by atoms with Gasteiger partial charge in [0.05, 0.1) is 15.5 Å². The van der Waals surface area contributed by atoms with Crippen molar-refractivity contribution in [3.8, 4) is 0 Å². The van der Waals surface area contributed by atoms with Crippen molar-refractivity contribution < 1.29 is 9.90 Å². The molecule has 1 aromatic carbocycles. The predicted octanol–water partition coefficient (Wildman–Crippen LogP) is 3.40. The Hall–Kier alpha value is -0.730. The first-order valence-electron chi connectivity index (χ1n) is 4.71. The molecule has 0 heterocycles. The third-order valence-corrected chi connectivity index (χ3v) is 3.73. The number of aliphatic carboxylic acids is 1. The Morgan fingerprint density at radius 2 is 2.07 bits per heavy atom. The third-order valence-electron chi connectivity index (χ3n) is 2.87. The van der Waals surface area contributed by atoms with Crippen LogP contribution in [0.1, 0.15) is 18.4 Å². The number of halogens is 2. The van der Waals surface area contributed by atoms with Crippen LogP contribution in [-0.2, 0) is 11.2 Å². The average Bonchev–Trinajstić information content (AvgIpc) is 2.94. The lowest BCUT2D eigenvalue weighted by molar-refractivity contribution is -0.143. The fraction of sp³-hybridized carbons (Fsp3) is 0.364. The van der Waals surface area contributed by atoms with Gasteiger partial charge in [0, 0.05) is 0 Å². The number of hydrogen-bond donors (Lipinski definition) is 1. The third kappa shape index (κ3) is 1.97. The molecule has 80 valence electrons. The van der Waals surface area contributed by atoms with Crippen molar-refractivity contribution in [1.82, 2.24) is 0 Å². The Bertz CT molecular complexity index is 411. The van der Waals surface area contributed by atoms with Crippen molar-refractivity contribution in [3.63, 3.8) is 0 Å². The van der Waals surface area contributed by atoms with Gasteiger partial charge < -0.3 is 5.11 Å². The highest BCUT2D eigenvalue weighted by atomic mass is 35.5. The van der Waals surface area contributed by atoms with E-state index in [4.69, 9.17) is 28.3 Å². The molecule has 1 fully saturated rings. The summed E-state index contributed by atoms with van der Waals surface area (Å²) >= 11 is 11.9. The number of hydrogen-bond acceptors (Lipinski definition) is 1. The molecule has 1 aromatic rings. The summed E-state index contributed by atoms with van der Waals surface area (Å²) in [7, 11) is 0. The molecule has 1 aliphatic carbocycles. The molecule has 1 saturated carbocycles. The maximum Gasteiger partial charge on any atom is 0.309 e. The Balaban J connectivity index is 2.25. The van der Waals surface area contributed by atoms with E-state index in [1.807, 2.05) is 6.07 Å². The lowest BCUT2D eigenvalue weighted by atomic mass is 9.97. The zero-order valence-corrected chi connectivity index (χ0v) is 9.48. The molecule has 0 radical (unpaired) electrons. The van der Waals surface area contributed by atoms with Gasteiger partial charge in [-0.05, 0) is 30.9 Å². The molecule has 2 nitrogen and oxygen atoms in total. The number of benzene rings is 1. The molecule has 0 saturated heterocycles. The predicted molar refractivity (Wildman–Crippen MR) is 59.5 cm³/mol. The molecule has 0 amide bonds. The van der Waals surface area contributed by atoms with Gasteiger partial charge in [0.2, 0.25) is 0 Å². The van der Waals surface area contributed by atoms with E-state index < -0.39 is 11.4 Å². The van der Waals surface area contributed by atoms with E-state index in [0.29, 0.717) is 16.5 Å². The maximum absolute atomic E-state index is 11.0. The summed E-state index contributed by atoms with van der Waals surface area (Å²) < 4.78 is 0. The summed E-state index contributed by atoms with van der Waals surface area (Å²) in [6, 6.07) is 5.33. The average molecular weight is 245 g/mol. The minimum Gasteiger partial charge on any atom is -0.481 e. The largest absolute Gasteiger partial charge is 0.481 e. The van der Waals surface area contributed by atoms with E-state index in [1.165, 1.54) is 0 Å². The first-order chi connectivity index (χ1) is 7.05. The molecule has 0 atom stereocenters. The van der Waals surface area contributed by atoms with Crippen molar-refractivity contribution in [3.05, 3.63) is 33.8 Å². The Morgan fingerprint density at radius 3 is 2.60 bits per heavy atom. The molecule has 4 heteroatoms. The summed E-state index contributed by atoms with van der Waals surface area (Å²) in [5.74, 6) is -0.737. The van der Waals surface area contributed by atoms with Crippen LogP contribution in [0.5, 0.6) is 0 Å². The highest BCUT2D eigenvalue weighted by Gasteiger charge is 2.50. The first-order valence-corrected chi connectivity index (χ1v) is 5.47. The minimum atomic E-state index is -0.737. The van der Waals surface area contributed by atoms with Crippen LogP contribution >= 0.6 is 23.2 Å². The molecule has 0 unspecified atom stereocenters. The molecule has 0 bridgehead atoms. The highest BCUT2D eigenvalue weighted by molar-refractivity contribution is 6.42. The van der Waals surface area contributed by atoms with E-state index >= 15 is 0 Å². The highest BCUT2D eigenvalue weighted by Crippen LogP contribution is 2.49. The quantitative estimate of drug-likeness (QED) is 0.885. The first kappa shape index (κ1) is 10.8. The molecule has 1 aliphatic rings. The number of carbonyl (C=O) groups is 1. The van der Waals surface area contributed by atoms with E-state index in [0.717, 1.165) is 18.4 Å². The van der Waals surface area contributed by atoms with Crippen molar-refractivity contribution in [1.29, 1.82) is 0 Å². The molecular formula is C11H10Cl2O2. The molecule has 0 spiro atoms. The molecule has 1 N–H and O–H groups in total. The van der Waals surface area contributed by atoms with Crippen molar-refractivity contribution >= 4 is 29.2 Å². The van der Waals surface area contributed by atoms with Crippen LogP contribution in [0.2, 0.25) is 10.0 Å². The molecule has 0 aliphatic heterocycles. The van der Waals surface area contributed by atoms with Crippen molar-refractivity contribution in [2.24, 2.45) is 5.41 Å². The number of rotatable bonds is 3. The van der Waals surface area contributed by atoms with Gasteiger partial charge in [-0.1, -0.05) is 35.3 Å². The zero-order chi connectivity index (χ0) is 11.1. The zero-order valence-electron chi connectivity index (χ0n) is 7.96. The molecule has 2 rings (SSSR count). The molecule has 15 heavy (non-hydrogen) atoms. The maximum atomic E-state index is 11.0. The second kappa shape index (κ2) is 3.69. The SMILES string of the molecule is O=C(O)C1(Cc2cccc(Cl)c2Cl)CC1. The second-order valence-electron chi connectivity index (χ2n) is 3.98. The van der Waals surface area contributed by atoms with Gasteiger partial charge in [-0.2, -0.15) is 0 Å². The lowest BCUT2D eigenvalue weighted by Crippen LogP contribution is -2.17. The van der Waals surface area contributed by atoms with Crippen LogP contribution in [0.3, 0.4) is 0 Å². The van der Waals surface area contributed by atoms with Crippen molar-refractivity contribution in [2.45, 2.75) is 19.3 Å². The van der Waals surface area contributed by atoms with Crippen LogP contribution in [0.4, 0.5) is 0 Å². The number of carboxylic acid groups (broad SMARTS) is 1. The topological polar surface area (TPSA) is 37.3 Å². The second-order valence-corrected chi connectivity index (χ2v) is 4.76. The van der Waals surface area contributed by atoms with Gasteiger partial charge in [-0.3, -0.25) is 4.79 Å². The van der Waals surface area contributed by atoms with Gasteiger partial charge in [0.1, 0.15) is 0 Å². The fourth-order valence-corrected chi connectivity index (χ4v) is 2.05. The van der Waals surface area contributed by atoms with E-state index in [2.05, 4.69) is 0 Å². The van der Waals surface area contributed by atoms with Crippen molar-refractivity contribution in [2.75, 3.05) is 0 Å². The van der Waals surface area contributed by atoms with Crippen LogP contribution < -0.4 is 0 Å². The summed E-state index contributed by atoms with van der Waals surface area (Å²) in [5, 5.41) is 10.0. The summed E-state index contributed by atoms with van der Waals surface area (Å²) in [6.45, 7) is 0. The Kier molecular flexibility index (Phi) is 2.65. The van der Waals surface area contributed by atoms with Gasteiger partial charge in [-0.25, -0.2) is 0 Å². The van der Waals surface area contributed by atoms with Crippen LogP contribution in [-0.4, -0.2) is 11.1 Å². The lowest BCUT2D eigenvalue weighted by Gasteiger charge is -2.11. The smallest absolute Gasteiger partial charge is 0.309 e. The minimum absolute atomic E-state index is 0.474. The Labute approximate surface area is 97.8 Å². The normalized spacial score (nSPS) is 17.5. The number of carboxylic acids is 1. The van der Waals surface area contributed by atoms with Crippen LogP contribution in [0.25, 0.3) is 0 Å². The summed E-state index contributed by atoms with van der Waals surface area (Å²) in [5.41, 5.74) is 0.234.